The van der Waals surface area contributed by atoms with Gasteiger partial charge in [-0.05, 0) is 32.6 Å². The summed E-state index contributed by atoms with van der Waals surface area (Å²) in [6.45, 7) is 3.91. The SMILES string of the molecule is CC(C)(C#N)CCCC1CCCC(O)(O)C1. The third-order valence-corrected chi connectivity index (χ3v) is 3.52. The van der Waals surface area contributed by atoms with Crippen LogP contribution >= 0.6 is 0 Å². The smallest absolute Gasteiger partial charge is 0.162 e. The predicted octanol–water partition coefficient (Wildman–Crippen LogP) is 2.58. The molecule has 1 fully saturated rings. The van der Waals surface area contributed by atoms with Crippen LogP contribution in [0, 0.1) is 22.7 Å². The number of rotatable bonds is 4. The van der Waals surface area contributed by atoms with E-state index in [-0.39, 0.29) is 5.41 Å². The van der Waals surface area contributed by atoms with Crippen molar-refractivity contribution < 1.29 is 10.2 Å². The van der Waals surface area contributed by atoms with Crippen molar-refractivity contribution in [3.8, 4) is 6.07 Å². The molecule has 0 saturated heterocycles. The molecule has 0 bridgehead atoms. The highest BCUT2D eigenvalue weighted by Crippen LogP contribution is 2.34. The third-order valence-electron chi connectivity index (χ3n) is 3.52. The fourth-order valence-corrected chi connectivity index (χ4v) is 2.48. The van der Waals surface area contributed by atoms with E-state index in [1.807, 2.05) is 13.8 Å². The van der Waals surface area contributed by atoms with Gasteiger partial charge < -0.3 is 10.2 Å². The average molecular weight is 225 g/mol. The minimum absolute atomic E-state index is 0.246. The zero-order valence-corrected chi connectivity index (χ0v) is 10.4. The Bertz CT molecular complexity index is 266. The van der Waals surface area contributed by atoms with Gasteiger partial charge in [-0.3, -0.25) is 0 Å². The molecule has 0 amide bonds. The summed E-state index contributed by atoms with van der Waals surface area (Å²) < 4.78 is 0. The van der Waals surface area contributed by atoms with Crippen molar-refractivity contribution >= 4 is 0 Å². The summed E-state index contributed by atoms with van der Waals surface area (Å²) in [6.07, 6.45) is 5.90. The van der Waals surface area contributed by atoms with Crippen LogP contribution in [0.4, 0.5) is 0 Å². The molecular weight excluding hydrogens is 202 g/mol. The number of hydrogen-bond acceptors (Lipinski definition) is 3. The molecule has 1 saturated carbocycles. The highest BCUT2D eigenvalue weighted by Gasteiger charge is 2.31. The van der Waals surface area contributed by atoms with E-state index < -0.39 is 5.79 Å². The van der Waals surface area contributed by atoms with E-state index in [1.165, 1.54) is 0 Å². The zero-order valence-electron chi connectivity index (χ0n) is 10.4. The van der Waals surface area contributed by atoms with Gasteiger partial charge in [0.2, 0.25) is 0 Å². The quantitative estimate of drug-likeness (QED) is 0.723. The van der Waals surface area contributed by atoms with Crippen LogP contribution in [0.1, 0.15) is 58.8 Å². The van der Waals surface area contributed by atoms with Crippen molar-refractivity contribution in [2.75, 3.05) is 0 Å². The summed E-state index contributed by atoms with van der Waals surface area (Å²) in [4.78, 5) is 0. The van der Waals surface area contributed by atoms with Crippen LogP contribution in [0.5, 0.6) is 0 Å². The van der Waals surface area contributed by atoms with Gasteiger partial charge in [0.05, 0.1) is 11.5 Å². The molecule has 0 aliphatic heterocycles. The Morgan fingerprint density at radius 2 is 2.12 bits per heavy atom. The van der Waals surface area contributed by atoms with Crippen LogP contribution in [0.15, 0.2) is 0 Å². The van der Waals surface area contributed by atoms with Crippen LogP contribution in [0.25, 0.3) is 0 Å². The van der Waals surface area contributed by atoms with Crippen LogP contribution in [-0.2, 0) is 0 Å². The molecule has 3 heteroatoms. The summed E-state index contributed by atoms with van der Waals surface area (Å²) in [5.74, 6) is -1.02. The second-order valence-corrected chi connectivity index (χ2v) is 5.83. The molecule has 1 atom stereocenters. The molecule has 0 aromatic carbocycles. The average Bonchev–Trinajstić information content (AvgIpc) is 2.16. The minimum Gasteiger partial charge on any atom is -0.366 e. The molecule has 0 aromatic rings. The standard InChI is InChI=1S/C13H23NO2/c1-12(2,10-14)7-3-5-11-6-4-8-13(15,16)9-11/h11,15-16H,3-9H2,1-2H3. The van der Waals surface area contributed by atoms with E-state index in [4.69, 9.17) is 5.26 Å². The highest BCUT2D eigenvalue weighted by atomic mass is 16.5. The molecule has 2 N–H and O–H groups in total. The first kappa shape index (κ1) is 13.5. The second kappa shape index (κ2) is 5.16. The monoisotopic (exact) mass is 225 g/mol. The van der Waals surface area contributed by atoms with Gasteiger partial charge in [0.25, 0.3) is 0 Å². The first-order valence-electron chi connectivity index (χ1n) is 6.21. The van der Waals surface area contributed by atoms with Crippen LogP contribution in [0.3, 0.4) is 0 Å². The van der Waals surface area contributed by atoms with Crippen LogP contribution < -0.4 is 0 Å². The summed E-state index contributed by atoms with van der Waals surface area (Å²) in [5.41, 5.74) is -0.246. The van der Waals surface area contributed by atoms with E-state index >= 15 is 0 Å². The summed E-state index contributed by atoms with van der Waals surface area (Å²) >= 11 is 0. The Labute approximate surface area is 98.1 Å². The van der Waals surface area contributed by atoms with Gasteiger partial charge >= 0.3 is 0 Å². The van der Waals surface area contributed by atoms with Gasteiger partial charge in [-0.1, -0.05) is 19.3 Å². The Balaban J connectivity index is 2.26. The lowest BCUT2D eigenvalue weighted by molar-refractivity contribution is -0.191. The lowest BCUT2D eigenvalue weighted by atomic mass is 9.80. The molecule has 0 heterocycles. The Morgan fingerprint density at radius 1 is 1.44 bits per heavy atom. The van der Waals surface area contributed by atoms with Crippen molar-refractivity contribution in [3.63, 3.8) is 0 Å². The molecular formula is C13H23NO2. The molecule has 1 unspecified atom stereocenters. The lowest BCUT2D eigenvalue weighted by Gasteiger charge is -2.32. The van der Waals surface area contributed by atoms with Gasteiger partial charge in [-0.2, -0.15) is 5.26 Å². The normalized spacial score (nSPS) is 25.1. The van der Waals surface area contributed by atoms with Gasteiger partial charge in [-0.15, -0.1) is 0 Å². The Morgan fingerprint density at radius 3 is 2.69 bits per heavy atom. The first-order valence-corrected chi connectivity index (χ1v) is 6.21. The largest absolute Gasteiger partial charge is 0.366 e. The molecule has 92 valence electrons. The zero-order chi connectivity index (χ0) is 12.2. The third kappa shape index (κ3) is 4.51. The van der Waals surface area contributed by atoms with Gasteiger partial charge in [0.1, 0.15) is 0 Å². The maximum atomic E-state index is 9.55. The number of hydrogen-bond donors (Lipinski definition) is 2. The van der Waals surface area contributed by atoms with Gasteiger partial charge in [-0.25, -0.2) is 0 Å². The summed E-state index contributed by atoms with van der Waals surface area (Å²) in [5, 5.41) is 28.0. The molecule has 3 nitrogen and oxygen atoms in total. The predicted molar refractivity (Wildman–Crippen MR) is 62.4 cm³/mol. The molecule has 0 aromatic heterocycles. The molecule has 1 aliphatic carbocycles. The van der Waals surface area contributed by atoms with Crippen molar-refractivity contribution in [2.45, 2.75) is 64.6 Å². The van der Waals surface area contributed by atoms with Crippen molar-refractivity contribution in [2.24, 2.45) is 11.3 Å². The molecule has 0 spiro atoms. The van der Waals surface area contributed by atoms with Crippen molar-refractivity contribution in [1.29, 1.82) is 5.26 Å². The van der Waals surface area contributed by atoms with E-state index in [2.05, 4.69) is 6.07 Å². The Kier molecular flexibility index (Phi) is 4.35. The molecule has 1 rings (SSSR count). The maximum absolute atomic E-state index is 9.55. The number of nitrogens with zero attached hydrogens (tertiary/aromatic N) is 1. The highest BCUT2D eigenvalue weighted by molar-refractivity contribution is 4.91. The molecule has 1 aliphatic rings. The lowest BCUT2D eigenvalue weighted by Crippen LogP contribution is -2.34. The minimum atomic E-state index is -1.44. The number of nitriles is 1. The van der Waals surface area contributed by atoms with E-state index in [1.54, 1.807) is 0 Å². The Hall–Kier alpha value is -0.590. The molecule has 0 radical (unpaired) electrons. The van der Waals surface area contributed by atoms with E-state index in [9.17, 15) is 10.2 Å². The second-order valence-electron chi connectivity index (χ2n) is 5.83. The van der Waals surface area contributed by atoms with Crippen molar-refractivity contribution in [1.82, 2.24) is 0 Å². The fourth-order valence-electron chi connectivity index (χ4n) is 2.48. The summed E-state index contributed by atoms with van der Waals surface area (Å²) in [7, 11) is 0. The maximum Gasteiger partial charge on any atom is 0.162 e. The van der Waals surface area contributed by atoms with E-state index in [0.29, 0.717) is 18.8 Å². The molecule has 16 heavy (non-hydrogen) atoms. The van der Waals surface area contributed by atoms with Crippen LogP contribution in [0.2, 0.25) is 0 Å². The summed E-state index contributed by atoms with van der Waals surface area (Å²) in [6, 6.07) is 2.30. The number of aliphatic hydroxyl groups is 2. The van der Waals surface area contributed by atoms with Crippen LogP contribution in [-0.4, -0.2) is 16.0 Å². The van der Waals surface area contributed by atoms with Gasteiger partial charge in [0, 0.05) is 12.8 Å². The van der Waals surface area contributed by atoms with E-state index in [0.717, 1.165) is 32.1 Å². The first-order chi connectivity index (χ1) is 7.35. The van der Waals surface area contributed by atoms with Crippen molar-refractivity contribution in [3.05, 3.63) is 0 Å². The van der Waals surface area contributed by atoms with Gasteiger partial charge in [0.15, 0.2) is 5.79 Å². The fraction of sp³-hybridized carbons (Fsp3) is 0.923. The topological polar surface area (TPSA) is 64.2 Å².